The van der Waals surface area contributed by atoms with Gasteiger partial charge < -0.3 is 14.7 Å². The first kappa shape index (κ1) is 18.8. The van der Waals surface area contributed by atoms with Gasteiger partial charge in [0.1, 0.15) is 5.75 Å². The van der Waals surface area contributed by atoms with E-state index in [0.717, 1.165) is 11.6 Å². The van der Waals surface area contributed by atoms with Crippen LogP contribution in [0.5, 0.6) is 5.75 Å². The number of amides is 1. The highest BCUT2D eigenvalue weighted by atomic mass is 19.4. The summed E-state index contributed by atoms with van der Waals surface area (Å²) in [4.78, 5) is 24.9. The van der Waals surface area contributed by atoms with Crippen LogP contribution in [0.1, 0.15) is 27.0 Å². The molecule has 1 N–H and O–H groups in total. The molecule has 0 bridgehead atoms. The first-order valence-electron chi connectivity index (χ1n) is 8.17. The van der Waals surface area contributed by atoms with Gasteiger partial charge in [0.05, 0.1) is 11.1 Å². The number of carboxylic acid groups (broad SMARTS) is 1. The molecule has 0 aromatic heterocycles. The molecule has 2 aromatic carbocycles. The highest BCUT2D eigenvalue weighted by molar-refractivity contribution is 5.88. The minimum absolute atomic E-state index is 0.124. The number of ether oxygens (including phenoxy) is 1. The summed E-state index contributed by atoms with van der Waals surface area (Å²) in [5, 5.41) is 9.07. The van der Waals surface area contributed by atoms with Crippen LogP contribution in [0.3, 0.4) is 0 Å². The first-order chi connectivity index (χ1) is 12.8. The lowest BCUT2D eigenvalue weighted by Gasteiger charge is -2.29. The number of benzene rings is 2. The van der Waals surface area contributed by atoms with Gasteiger partial charge >= 0.3 is 12.1 Å². The Hall–Kier alpha value is -3.03. The number of carbonyl (C=O) groups is 2. The second-order valence-corrected chi connectivity index (χ2v) is 6.14. The van der Waals surface area contributed by atoms with Gasteiger partial charge in [0.15, 0.2) is 6.61 Å². The molecule has 0 saturated heterocycles. The SMILES string of the molecule is O=C(O)c1ccc2c(c1)CN(C(=O)COc1ccccc1C(F)(F)F)CC2. The molecule has 0 atom stereocenters. The monoisotopic (exact) mass is 379 g/mol. The van der Waals surface area contributed by atoms with E-state index in [0.29, 0.717) is 18.5 Å². The number of carbonyl (C=O) groups excluding carboxylic acids is 1. The minimum atomic E-state index is -4.57. The van der Waals surface area contributed by atoms with Crippen molar-refractivity contribution in [2.24, 2.45) is 0 Å². The van der Waals surface area contributed by atoms with Gasteiger partial charge in [-0.3, -0.25) is 4.79 Å². The van der Waals surface area contributed by atoms with Crippen molar-refractivity contribution in [3.8, 4) is 5.75 Å². The van der Waals surface area contributed by atoms with E-state index in [2.05, 4.69) is 0 Å². The zero-order valence-corrected chi connectivity index (χ0v) is 14.1. The summed E-state index contributed by atoms with van der Waals surface area (Å²) < 4.78 is 44.0. The fourth-order valence-corrected chi connectivity index (χ4v) is 2.96. The molecule has 0 unspecified atom stereocenters. The average Bonchev–Trinajstić information content (AvgIpc) is 2.64. The molecule has 2 aromatic rings. The molecule has 142 valence electrons. The molecule has 0 saturated carbocycles. The van der Waals surface area contributed by atoms with Gasteiger partial charge in [-0.15, -0.1) is 0 Å². The lowest BCUT2D eigenvalue weighted by atomic mass is 9.97. The number of alkyl halides is 3. The predicted molar refractivity (Wildman–Crippen MR) is 89.5 cm³/mol. The molecule has 0 spiro atoms. The molecule has 0 fully saturated rings. The summed E-state index contributed by atoms with van der Waals surface area (Å²) in [5.74, 6) is -1.92. The Balaban J connectivity index is 1.68. The van der Waals surface area contributed by atoms with E-state index in [1.165, 1.54) is 35.2 Å². The minimum Gasteiger partial charge on any atom is -0.483 e. The topological polar surface area (TPSA) is 66.8 Å². The Bertz CT molecular complexity index is 879. The van der Waals surface area contributed by atoms with Crippen LogP contribution in [0.4, 0.5) is 13.2 Å². The maximum atomic E-state index is 13.0. The van der Waals surface area contributed by atoms with Crippen LogP contribution < -0.4 is 4.74 Å². The summed E-state index contributed by atoms with van der Waals surface area (Å²) in [6.07, 6.45) is -4.03. The third-order valence-corrected chi connectivity index (χ3v) is 4.36. The van der Waals surface area contributed by atoms with Crippen molar-refractivity contribution in [2.75, 3.05) is 13.2 Å². The van der Waals surface area contributed by atoms with E-state index in [9.17, 15) is 22.8 Å². The Morgan fingerprint density at radius 3 is 2.56 bits per heavy atom. The van der Waals surface area contributed by atoms with E-state index >= 15 is 0 Å². The van der Waals surface area contributed by atoms with Gasteiger partial charge in [-0.1, -0.05) is 18.2 Å². The van der Waals surface area contributed by atoms with Gasteiger partial charge in [-0.05, 0) is 41.8 Å². The predicted octanol–water partition coefficient (Wildman–Crippen LogP) is 3.37. The molecule has 8 heteroatoms. The molecule has 27 heavy (non-hydrogen) atoms. The first-order valence-corrected chi connectivity index (χ1v) is 8.17. The van der Waals surface area contributed by atoms with E-state index in [4.69, 9.17) is 9.84 Å². The highest BCUT2D eigenvalue weighted by Gasteiger charge is 2.34. The van der Waals surface area contributed by atoms with Gasteiger partial charge in [0, 0.05) is 13.1 Å². The van der Waals surface area contributed by atoms with Crippen LogP contribution in [0.2, 0.25) is 0 Å². The molecular weight excluding hydrogens is 363 g/mol. The standard InChI is InChI=1S/C19H16F3NO4/c20-19(21,22)15-3-1-2-4-16(15)27-11-17(24)23-8-7-12-5-6-13(18(25)26)9-14(12)10-23/h1-6,9H,7-8,10-11H2,(H,25,26). The van der Waals surface area contributed by atoms with E-state index < -0.39 is 36.0 Å². The number of para-hydroxylation sites is 1. The Morgan fingerprint density at radius 1 is 1.11 bits per heavy atom. The molecule has 0 radical (unpaired) electrons. The normalized spacial score (nSPS) is 13.8. The van der Waals surface area contributed by atoms with Crippen molar-refractivity contribution in [1.82, 2.24) is 4.90 Å². The van der Waals surface area contributed by atoms with Crippen LogP contribution in [0.25, 0.3) is 0 Å². The van der Waals surface area contributed by atoms with Crippen LogP contribution in [-0.2, 0) is 23.9 Å². The van der Waals surface area contributed by atoms with E-state index in [-0.39, 0.29) is 12.1 Å². The van der Waals surface area contributed by atoms with Crippen LogP contribution in [-0.4, -0.2) is 35.0 Å². The van der Waals surface area contributed by atoms with Gasteiger partial charge in [-0.2, -0.15) is 13.2 Å². The molecule has 3 rings (SSSR count). The van der Waals surface area contributed by atoms with E-state index in [1.54, 1.807) is 6.07 Å². The van der Waals surface area contributed by atoms with Gasteiger partial charge in [0.25, 0.3) is 5.91 Å². The van der Waals surface area contributed by atoms with Crippen LogP contribution >= 0.6 is 0 Å². The summed E-state index contributed by atoms with van der Waals surface area (Å²) in [7, 11) is 0. The Kier molecular flexibility index (Phi) is 5.07. The van der Waals surface area contributed by atoms with Crippen molar-refractivity contribution in [3.63, 3.8) is 0 Å². The largest absolute Gasteiger partial charge is 0.483 e. The van der Waals surface area contributed by atoms with Crippen LogP contribution in [0.15, 0.2) is 42.5 Å². The molecule has 1 aliphatic rings. The smallest absolute Gasteiger partial charge is 0.419 e. The fraction of sp³-hybridized carbons (Fsp3) is 0.263. The molecule has 0 aliphatic carbocycles. The number of fused-ring (bicyclic) bond motifs is 1. The van der Waals surface area contributed by atoms with Crippen molar-refractivity contribution >= 4 is 11.9 Å². The van der Waals surface area contributed by atoms with Crippen LogP contribution in [0, 0.1) is 0 Å². The molecule has 1 heterocycles. The zero-order chi connectivity index (χ0) is 19.6. The number of hydrogen-bond donors (Lipinski definition) is 1. The summed E-state index contributed by atoms with van der Waals surface area (Å²) >= 11 is 0. The van der Waals surface area contributed by atoms with Crippen molar-refractivity contribution in [1.29, 1.82) is 0 Å². The second-order valence-electron chi connectivity index (χ2n) is 6.14. The summed E-state index contributed by atoms with van der Waals surface area (Å²) in [5.41, 5.74) is 0.851. The quantitative estimate of drug-likeness (QED) is 0.885. The van der Waals surface area contributed by atoms with Crippen molar-refractivity contribution < 1.29 is 32.6 Å². The Morgan fingerprint density at radius 2 is 1.85 bits per heavy atom. The summed E-state index contributed by atoms with van der Waals surface area (Å²) in [6.45, 7) is 0.0587. The number of nitrogens with zero attached hydrogens (tertiary/aromatic N) is 1. The maximum absolute atomic E-state index is 13.0. The lowest BCUT2D eigenvalue weighted by Crippen LogP contribution is -2.39. The number of hydrogen-bond acceptors (Lipinski definition) is 3. The molecule has 5 nitrogen and oxygen atoms in total. The molecular formula is C19H16F3NO4. The number of aromatic carboxylic acids is 1. The average molecular weight is 379 g/mol. The van der Waals surface area contributed by atoms with Crippen molar-refractivity contribution in [3.05, 3.63) is 64.7 Å². The third-order valence-electron chi connectivity index (χ3n) is 4.36. The number of rotatable bonds is 4. The maximum Gasteiger partial charge on any atom is 0.419 e. The molecule has 1 aliphatic heterocycles. The van der Waals surface area contributed by atoms with Gasteiger partial charge in [-0.25, -0.2) is 4.79 Å². The zero-order valence-electron chi connectivity index (χ0n) is 14.1. The molecule has 1 amide bonds. The Labute approximate surface area is 153 Å². The van der Waals surface area contributed by atoms with Crippen molar-refractivity contribution in [2.45, 2.75) is 19.1 Å². The third kappa shape index (κ3) is 4.21. The van der Waals surface area contributed by atoms with E-state index in [1.807, 2.05) is 0 Å². The second kappa shape index (κ2) is 7.30. The fourth-order valence-electron chi connectivity index (χ4n) is 2.96. The highest BCUT2D eigenvalue weighted by Crippen LogP contribution is 2.35. The number of carboxylic acids is 1. The number of halogens is 3. The summed E-state index contributed by atoms with van der Waals surface area (Å²) in [6, 6.07) is 9.45. The van der Waals surface area contributed by atoms with Gasteiger partial charge in [0.2, 0.25) is 0 Å². The lowest BCUT2D eigenvalue weighted by molar-refractivity contribution is -0.141.